The third-order valence-electron chi connectivity index (χ3n) is 4.80. The predicted molar refractivity (Wildman–Crippen MR) is 92.0 cm³/mol. The van der Waals surface area contributed by atoms with E-state index in [2.05, 4.69) is 31.0 Å². The van der Waals surface area contributed by atoms with Crippen molar-refractivity contribution >= 4 is 11.8 Å². The highest BCUT2D eigenvalue weighted by molar-refractivity contribution is 5.88. The van der Waals surface area contributed by atoms with Crippen LogP contribution in [0.25, 0.3) is 0 Å². The highest BCUT2D eigenvalue weighted by atomic mass is 16.2. The average molecular weight is 321 g/mol. The zero-order chi connectivity index (χ0) is 17.0. The molecule has 1 saturated heterocycles. The molecule has 0 aromatic rings. The molecule has 0 unspecified atom stereocenters. The first-order chi connectivity index (χ1) is 10.8. The van der Waals surface area contributed by atoms with Crippen LogP contribution < -0.4 is 5.32 Å². The van der Waals surface area contributed by atoms with Gasteiger partial charge in [0.05, 0.1) is 0 Å². The fourth-order valence-electron chi connectivity index (χ4n) is 2.47. The van der Waals surface area contributed by atoms with E-state index in [1.165, 1.54) is 0 Å². The molecule has 23 heavy (non-hydrogen) atoms. The number of nitrogens with zero attached hydrogens (tertiary/aromatic N) is 2. The zero-order valence-electron chi connectivity index (χ0n) is 15.0. The Bertz CT molecular complexity index is 467. The van der Waals surface area contributed by atoms with Crippen molar-refractivity contribution in [2.45, 2.75) is 53.0 Å². The highest BCUT2D eigenvalue weighted by Crippen LogP contribution is 2.24. The molecule has 5 heteroatoms. The second kappa shape index (κ2) is 7.47. The van der Waals surface area contributed by atoms with Crippen molar-refractivity contribution in [1.82, 2.24) is 15.1 Å². The third kappa shape index (κ3) is 5.98. The molecule has 1 aliphatic carbocycles. The number of carbonyl (C=O) groups excluding carboxylic acids is 2. The summed E-state index contributed by atoms with van der Waals surface area (Å²) >= 11 is 0. The Labute approximate surface area is 140 Å². The lowest BCUT2D eigenvalue weighted by Crippen LogP contribution is -2.49. The molecule has 0 radical (unpaired) electrons. The molecule has 1 aliphatic heterocycles. The number of amides is 2. The van der Waals surface area contributed by atoms with Crippen LogP contribution in [0, 0.1) is 5.41 Å². The third-order valence-corrected chi connectivity index (χ3v) is 4.80. The molecule has 0 bridgehead atoms. The molecule has 1 saturated carbocycles. The predicted octanol–water partition coefficient (Wildman–Crippen LogP) is 1.79. The van der Waals surface area contributed by atoms with Crippen LogP contribution in [0.15, 0.2) is 11.6 Å². The van der Waals surface area contributed by atoms with Crippen LogP contribution in [0.5, 0.6) is 0 Å². The number of hydrogen-bond donors (Lipinski definition) is 1. The standard InChI is InChI=1S/C18H31N3O2/c1-14(18(2,3)4)13-17(23)21-11-9-20(10-12-21)8-7-16(22)19-15-5-6-15/h13,15H,5-12H2,1-4H3,(H,19,22)/b14-13-. The molecule has 0 aromatic carbocycles. The maximum Gasteiger partial charge on any atom is 0.246 e. The summed E-state index contributed by atoms with van der Waals surface area (Å²) in [6.45, 7) is 12.4. The van der Waals surface area contributed by atoms with Crippen LogP contribution in [0.3, 0.4) is 0 Å². The molecular weight excluding hydrogens is 290 g/mol. The first kappa shape index (κ1) is 18.0. The van der Waals surface area contributed by atoms with Gasteiger partial charge in [0.25, 0.3) is 0 Å². The normalized spacial score (nSPS) is 20.5. The molecule has 2 amide bonds. The summed E-state index contributed by atoms with van der Waals surface area (Å²) < 4.78 is 0. The molecule has 2 rings (SSSR count). The molecule has 5 nitrogen and oxygen atoms in total. The van der Waals surface area contributed by atoms with E-state index in [1.54, 1.807) is 6.08 Å². The fraction of sp³-hybridized carbons (Fsp3) is 0.778. The summed E-state index contributed by atoms with van der Waals surface area (Å²) in [6, 6.07) is 0.440. The van der Waals surface area contributed by atoms with Crippen LogP contribution in [-0.4, -0.2) is 60.4 Å². The number of carbonyl (C=O) groups is 2. The van der Waals surface area contributed by atoms with E-state index in [0.717, 1.165) is 51.1 Å². The minimum absolute atomic E-state index is 0.0341. The van der Waals surface area contributed by atoms with E-state index in [0.29, 0.717) is 12.5 Å². The summed E-state index contributed by atoms with van der Waals surface area (Å²) in [7, 11) is 0. The van der Waals surface area contributed by atoms with Crippen LogP contribution in [0.2, 0.25) is 0 Å². The van der Waals surface area contributed by atoms with Crippen molar-refractivity contribution in [1.29, 1.82) is 0 Å². The minimum Gasteiger partial charge on any atom is -0.353 e. The lowest BCUT2D eigenvalue weighted by molar-refractivity contribution is -0.128. The van der Waals surface area contributed by atoms with Gasteiger partial charge in [0.1, 0.15) is 0 Å². The first-order valence-corrected chi connectivity index (χ1v) is 8.75. The van der Waals surface area contributed by atoms with Crippen molar-refractivity contribution in [3.8, 4) is 0 Å². The van der Waals surface area contributed by atoms with E-state index in [4.69, 9.17) is 0 Å². The Hall–Kier alpha value is -1.36. The SMILES string of the molecule is C/C(=C/C(=O)N1CCN(CCC(=O)NC2CC2)CC1)C(C)(C)C. The Balaban J connectivity index is 1.70. The monoisotopic (exact) mass is 321 g/mol. The number of rotatable bonds is 5. The van der Waals surface area contributed by atoms with Gasteiger partial charge < -0.3 is 10.2 Å². The van der Waals surface area contributed by atoms with E-state index >= 15 is 0 Å². The molecule has 130 valence electrons. The molecule has 1 heterocycles. The van der Waals surface area contributed by atoms with Crippen LogP contribution in [0.4, 0.5) is 0 Å². The van der Waals surface area contributed by atoms with Crippen molar-refractivity contribution in [3.05, 3.63) is 11.6 Å². The highest BCUT2D eigenvalue weighted by Gasteiger charge is 2.24. The summed E-state index contributed by atoms with van der Waals surface area (Å²) in [5.74, 6) is 0.276. The largest absolute Gasteiger partial charge is 0.353 e. The van der Waals surface area contributed by atoms with Gasteiger partial charge in [0, 0.05) is 51.3 Å². The minimum atomic E-state index is 0.0341. The molecular formula is C18H31N3O2. The number of piperazine rings is 1. The molecule has 0 atom stereocenters. The fourth-order valence-corrected chi connectivity index (χ4v) is 2.47. The van der Waals surface area contributed by atoms with Gasteiger partial charge in [0.2, 0.25) is 11.8 Å². The van der Waals surface area contributed by atoms with E-state index in [-0.39, 0.29) is 17.2 Å². The van der Waals surface area contributed by atoms with Crippen molar-refractivity contribution in [2.75, 3.05) is 32.7 Å². The van der Waals surface area contributed by atoms with Crippen molar-refractivity contribution in [3.63, 3.8) is 0 Å². The number of nitrogens with one attached hydrogen (secondary N) is 1. The number of hydrogen-bond acceptors (Lipinski definition) is 3. The van der Waals surface area contributed by atoms with Crippen LogP contribution in [-0.2, 0) is 9.59 Å². The van der Waals surface area contributed by atoms with E-state index in [1.807, 2.05) is 11.8 Å². The molecule has 0 spiro atoms. The van der Waals surface area contributed by atoms with Gasteiger partial charge in [-0.3, -0.25) is 14.5 Å². The quantitative estimate of drug-likeness (QED) is 0.786. The lowest BCUT2D eigenvalue weighted by atomic mass is 9.87. The topological polar surface area (TPSA) is 52.7 Å². The van der Waals surface area contributed by atoms with Gasteiger partial charge in [-0.1, -0.05) is 26.3 Å². The van der Waals surface area contributed by atoms with Crippen molar-refractivity contribution < 1.29 is 9.59 Å². The Morgan fingerprint density at radius 2 is 1.74 bits per heavy atom. The van der Waals surface area contributed by atoms with Crippen molar-refractivity contribution in [2.24, 2.45) is 5.41 Å². The van der Waals surface area contributed by atoms with Gasteiger partial charge in [-0.25, -0.2) is 0 Å². The summed E-state index contributed by atoms with van der Waals surface area (Å²) in [6.07, 6.45) is 4.61. The molecule has 2 aliphatic rings. The van der Waals surface area contributed by atoms with Gasteiger partial charge in [-0.2, -0.15) is 0 Å². The first-order valence-electron chi connectivity index (χ1n) is 8.75. The summed E-state index contributed by atoms with van der Waals surface area (Å²) in [5.41, 5.74) is 1.15. The second-order valence-electron chi connectivity index (χ2n) is 7.84. The summed E-state index contributed by atoms with van der Waals surface area (Å²) in [5, 5.41) is 3.02. The molecule has 1 N–H and O–H groups in total. The average Bonchev–Trinajstić information content (AvgIpc) is 3.28. The Kier molecular flexibility index (Phi) is 5.84. The molecule has 2 fully saturated rings. The maximum atomic E-state index is 12.3. The zero-order valence-corrected chi connectivity index (χ0v) is 15.0. The Morgan fingerprint density at radius 3 is 2.26 bits per heavy atom. The van der Waals surface area contributed by atoms with Gasteiger partial charge >= 0.3 is 0 Å². The summed E-state index contributed by atoms with van der Waals surface area (Å²) in [4.78, 5) is 28.2. The number of allylic oxidation sites excluding steroid dienone is 1. The molecule has 0 aromatic heterocycles. The van der Waals surface area contributed by atoms with Crippen LogP contribution >= 0.6 is 0 Å². The maximum absolute atomic E-state index is 12.3. The second-order valence-corrected chi connectivity index (χ2v) is 7.84. The smallest absolute Gasteiger partial charge is 0.246 e. The van der Waals surface area contributed by atoms with E-state index < -0.39 is 0 Å². The Morgan fingerprint density at radius 1 is 1.13 bits per heavy atom. The van der Waals surface area contributed by atoms with Crippen LogP contribution in [0.1, 0.15) is 47.0 Å². The van der Waals surface area contributed by atoms with Gasteiger partial charge in [-0.15, -0.1) is 0 Å². The van der Waals surface area contributed by atoms with Gasteiger partial charge in [-0.05, 0) is 25.2 Å². The van der Waals surface area contributed by atoms with Gasteiger partial charge in [0.15, 0.2) is 0 Å². The lowest BCUT2D eigenvalue weighted by Gasteiger charge is -2.34. The van der Waals surface area contributed by atoms with E-state index in [9.17, 15) is 9.59 Å².